The zero-order valence-corrected chi connectivity index (χ0v) is 17.9. The topological polar surface area (TPSA) is 60.9 Å². The fraction of sp³-hybridized carbons (Fsp3) is 0.316. The van der Waals surface area contributed by atoms with Crippen LogP contribution in [-0.4, -0.2) is 58.7 Å². The van der Waals surface area contributed by atoms with Crippen LogP contribution >= 0.6 is 23.2 Å². The second kappa shape index (κ2) is 8.19. The first-order valence-corrected chi connectivity index (χ1v) is 11.3. The molecular formula is C19H21Cl2N3O3S. The molecule has 1 aliphatic heterocycles. The van der Waals surface area contributed by atoms with E-state index in [9.17, 15) is 13.2 Å². The first kappa shape index (κ1) is 20.8. The molecule has 1 aliphatic rings. The van der Waals surface area contributed by atoms with Gasteiger partial charge in [0.25, 0.3) is 5.91 Å². The van der Waals surface area contributed by atoms with Gasteiger partial charge in [0.2, 0.25) is 10.0 Å². The molecule has 0 atom stereocenters. The summed E-state index contributed by atoms with van der Waals surface area (Å²) in [7, 11) is -1.96. The van der Waals surface area contributed by atoms with Crippen molar-refractivity contribution in [3.8, 4) is 0 Å². The molecule has 2 aromatic carbocycles. The smallest absolute Gasteiger partial charge is 0.255 e. The van der Waals surface area contributed by atoms with Crippen LogP contribution in [0.2, 0.25) is 10.0 Å². The molecule has 28 heavy (non-hydrogen) atoms. The van der Waals surface area contributed by atoms with Crippen LogP contribution in [0.25, 0.3) is 0 Å². The molecule has 0 unspecified atom stereocenters. The highest BCUT2D eigenvalue weighted by atomic mass is 35.5. The number of hydrogen-bond donors (Lipinski definition) is 0. The number of rotatable bonds is 4. The molecule has 0 aliphatic carbocycles. The second-order valence-electron chi connectivity index (χ2n) is 6.65. The maximum Gasteiger partial charge on any atom is 0.255 e. The quantitative estimate of drug-likeness (QED) is 0.729. The summed E-state index contributed by atoms with van der Waals surface area (Å²) in [5.74, 6) is -0.163. The molecule has 1 saturated heterocycles. The number of halogens is 2. The molecule has 9 heteroatoms. The molecule has 1 heterocycles. The van der Waals surface area contributed by atoms with Crippen LogP contribution < -0.4 is 9.21 Å². The molecule has 150 valence electrons. The minimum absolute atomic E-state index is 0.163. The summed E-state index contributed by atoms with van der Waals surface area (Å²) in [6.45, 7) is 2.51. The van der Waals surface area contributed by atoms with Crippen LogP contribution in [0.4, 0.5) is 11.4 Å². The summed E-state index contributed by atoms with van der Waals surface area (Å²) in [6, 6.07) is 12.3. The number of benzene rings is 2. The second-order valence-corrected chi connectivity index (χ2v) is 9.51. The van der Waals surface area contributed by atoms with Gasteiger partial charge in [0.05, 0.1) is 22.5 Å². The van der Waals surface area contributed by atoms with Gasteiger partial charge in [-0.3, -0.25) is 9.10 Å². The van der Waals surface area contributed by atoms with Crippen LogP contribution in [-0.2, 0) is 10.0 Å². The molecule has 0 radical (unpaired) electrons. The van der Waals surface area contributed by atoms with Crippen LogP contribution in [0, 0.1) is 0 Å². The molecule has 0 bridgehead atoms. The Morgan fingerprint density at radius 3 is 2.29 bits per heavy atom. The van der Waals surface area contributed by atoms with E-state index in [0.29, 0.717) is 42.5 Å². The summed E-state index contributed by atoms with van der Waals surface area (Å²) in [5.41, 5.74) is 1.81. The van der Waals surface area contributed by atoms with Gasteiger partial charge in [-0.2, -0.15) is 0 Å². The highest BCUT2D eigenvalue weighted by molar-refractivity contribution is 7.92. The van der Waals surface area contributed by atoms with Crippen molar-refractivity contribution >= 4 is 50.5 Å². The van der Waals surface area contributed by atoms with Gasteiger partial charge >= 0.3 is 0 Å². The number of amides is 1. The first-order valence-electron chi connectivity index (χ1n) is 8.70. The highest BCUT2D eigenvalue weighted by Crippen LogP contribution is 2.26. The largest absolute Gasteiger partial charge is 0.368 e. The summed E-state index contributed by atoms with van der Waals surface area (Å²) in [6.07, 6.45) is 1.11. The van der Waals surface area contributed by atoms with Crippen molar-refractivity contribution in [1.29, 1.82) is 0 Å². The fourth-order valence-corrected chi connectivity index (χ4v) is 4.01. The Hall–Kier alpha value is -1.96. The molecule has 0 spiro atoms. The Bertz CT molecular complexity index is 990. The van der Waals surface area contributed by atoms with Crippen molar-refractivity contribution in [3.63, 3.8) is 0 Å². The molecule has 1 amide bonds. The summed E-state index contributed by atoms with van der Waals surface area (Å²) in [4.78, 5) is 16.8. The van der Waals surface area contributed by atoms with E-state index in [1.165, 1.54) is 13.1 Å². The van der Waals surface area contributed by atoms with E-state index in [4.69, 9.17) is 23.2 Å². The molecular weight excluding hydrogens is 421 g/mol. The van der Waals surface area contributed by atoms with E-state index in [0.717, 1.165) is 16.2 Å². The normalized spacial score (nSPS) is 14.9. The number of sulfonamides is 1. The number of hydrogen-bond acceptors (Lipinski definition) is 4. The predicted octanol–water partition coefficient (Wildman–Crippen LogP) is 3.35. The molecule has 0 N–H and O–H groups in total. The van der Waals surface area contributed by atoms with Crippen molar-refractivity contribution < 1.29 is 13.2 Å². The Kier molecular flexibility index (Phi) is 6.07. The number of carbonyl (C=O) groups is 1. The van der Waals surface area contributed by atoms with Gasteiger partial charge < -0.3 is 9.80 Å². The Balaban J connectivity index is 1.70. The third kappa shape index (κ3) is 4.54. The van der Waals surface area contributed by atoms with Gasteiger partial charge in [0.1, 0.15) is 0 Å². The van der Waals surface area contributed by atoms with Crippen molar-refractivity contribution in [2.24, 2.45) is 0 Å². The van der Waals surface area contributed by atoms with Gasteiger partial charge in [-0.1, -0.05) is 29.3 Å². The zero-order chi connectivity index (χ0) is 20.5. The van der Waals surface area contributed by atoms with Gasteiger partial charge in [0.15, 0.2) is 0 Å². The van der Waals surface area contributed by atoms with Gasteiger partial charge in [0, 0.05) is 43.9 Å². The van der Waals surface area contributed by atoms with E-state index in [2.05, 4.69) is 4.90 Å². The third-order valence-corrected chi connectivity index (χ3v) is 6.54. The SMILES string of the molecule is CN(c1ccc(C(=O)N2CCN(c3cccc(Cl)c3)CC2)c(Cl)c1)S(C)(=O)=O. The van der Waals surface area contributed by atoms with E-state index in [1.54, 1.807) is 17.0 Å². The average Bonchev–Trinajstić information content (AvgIpc) is 2.66. The lowest BCUT2D eigenvalue weighted by molar-refractivity contribution is 0.0747. The summed E-state index contributed by atoms with van der Waals surface area (Å²) < 4.78 is 24.5. The minimum Gasteiger partial charge on any atom is -0.368 e. The van der Waals surface area contributed by atoms with Crippen LogP contribution in [0.1, 0.15) is 10.4 Å². The third-order valence-electron chi connectivity index (χ3n) is 4.78. The van der Waals surface area contributed by atoms with E-state index in [1.807, 2.05) is 24.3 Å². The number of anilines is 2. The van der Waals surface area contributed by atoms with Crippen molar-refractivity contribution in [1.82, 2.24) is 4.90 Å². The Labute approximate surface area is 175 Å². The standard InChI is InChI=1S/C19H21Cl2N3O3S/c1-22(28(2,26)27)15-6-7-17(18(21)13-15)19(25)24-10-8-23(9-11-24)16-5-3-4-14(20)12-16/h3-7,12-13H,8-11H2,1-2H3. The lowest BCUT2D eigenvalue weighted by atomic mass is 10.1. The van der Waals surface area contributed by atoms with E-state index >= 15 is 0 Å². The highest BCUT2D eigenvalue weighted by Gasteiger charge is 2.24. The molecule has 1 fully saturated rings. The predicted molar refractivity (Wildman–Crippen MR) is 114 cm³/mol. The van der Waals surface area contributed by atoms with Crippen LogP contribution in [0.3, 0.4) is 0 Å². The van der Waals surface area contributed by atoms with Crippen LogP contribution in [0.15, 0.2) is 42.5 Å². The Morgan fingerprint density at radius 1 is 1.04 bits per heavy atom. The number of piperazine rings is 1. The number of nitrogens with zero attached hydrogens (tertiary/aromatic N) is 3. The monoisotopic (exact) mass is 441 g/mol. The van der Waals surface area contributed by atoms with Crippen molar-refractivity contribution in [2.75, 3.05) is 48.7 Å². The number of carbonyl (C=O) groups excluding carboxylic acids is 1. The maximum atomic E-state index is 12.9. The van der Waals surface area contributed by atoms with E-state index in [-0.39, 0.29) is 10.9 Å². The summed E-state index contributed by atoms with van der Waals surface area (Å²) in [5, 5.41) is 0.914. The molecule has 2 aromatic rings. The molecule has 6 nitrogen and oxygen atoms in total. The lowest BCUT2D eigenvalue weighted by Gasteiger charge is -2.36. The first-order chi connectivity index (χ1) is 13.2. The molecule has 0 aromatic heterocycles. The van der Waals surface area contributed by atoms with Crippen molar-refractivity contribution in [3.05, 3.63) is 58.1 Å². The van der Waals surface area contributed by atoms with E-state index < -0.39 is 10.0 Å². The zero-order valence-electron chi connectivity index (χ0n) is 15.6. The fourth-order valence-electron chi connectivity index (χ4n) is 3.08. The van der Waals surface area contributed by atoms with Crippen molar-refractivity contribution in [2.45, 2.75) is 0 Å². The summed E-state index contributed by atoms with van der Waals surface area (Å²) >= 11 is 12.3. The maximum absolute atomic E-state index is 12.9. The molecule has 0 saturated carbocycles. The molecule has 3 rings (SSSR count). The van der Waals surface area contributed by atoms with Gasteiger partial charge in [-0.15, -0.1) is 0 Å². The van der Waals surface area contributed by atoms with Gasteiger partial charge in [-0.25, -0.2) is 8.42 Å². The minimum atomic E-state index is -3.40. The Morgan fingerprint density at radius 2 is 1.71 bits per heavy atom. The van der Waals surface area contributed by atoms with Gasteiger partial charge in [-0.05, 0) is 36.4 Å². The average molecular weight is 442 g/mol. The lowest BCUT2D eigenvalue weighted by Crippen LogP contribution is -2.48. The van der Waals surface area contributed by atoms with Crippen LogP contribution in [0.5, 0.6) is 0 Å².